The summed E-state index contributed by atoms with van der Waals surface area (Å²) < 4.78 is 38.7. The maximum absolute atomic E-state index is 12.9. The summed E-state index contributed by atoms with van der Waals surface area (Å²) in [6.07, 6.45) is 3.93. The summed E-state index contributed by atoms with van der Waals surface area (Å²) in [4.78, 5) is 40.0. The van der Waals surface area contributed by atoms with Crippen LogP contribution in [0.25, 0.3) is 11.4 Å². The summed E-state index contributed by atoms with van der Waals surface area (Å²) in [5, 5.41) is 16.6. The summed E-state index contributed by atoms with van der Waals surface area (Å²) >= 11 is 0. The van der Waals surface area contributed by atoms with Crippen molar-refractivity contribution in [2.75, 3.05) is 19.6 Å². The zero-order chi connectivity index (χ0) is 29.0. The lowest BCUT2D eigenvalue weighted by molar-refractivity contribution is -0.137. The summed E-state index contributed by atoms with van der Waals surface area (Å²) in [7, 11) is 0. The Morgan fingerprint density at radius 1 is 1.02 bits per heavy atom. The van der Waals surface area contributed by atoms with Crippen molar-refractivity contribution >= 4 is 11.8 Å². The Morgan fingerprint density at radius 3 is 2.46 bits per heavy atom. The summed E-state index contributed by atoms with van der Waals surface area (Å²) in [5.74, 6) is -0.562. The van der Waals surface area contributed by atoms with Crippen LogP contribution in [0.3, 0.4) is 0 Å². The maximum atomic E-state index is 12.9. The van der Waals surface area contributed by atoms with Crippen molar-refractivity contribution in [3.8, 4) is 11.4 Å². The van der Waals surface area contributed by atoms with Gasteiger partial charge in [0.25, 0.3) is 5.91 Å². The van der Waals surface area contributed by atoms with Crippen LogP contribution in [0.15, 0.2) is 61.1 Å². The standard InChI is InChI=1S/C29H31F3N6O3/c30-29(31,32)21-4-1-3-19(15-21)27(40)36-17-25(39)37-22-9-14-38(18-22)23-7-10-28(41,11-8-23)24-6-5-20(16-35-24)26-33-12-2-13-34-26/h1-6,12-13,15-16,22-23,41H,7-11,14,17-18H2,(H,36,40)(H,37,39). The molecular weight excluding hydrogens is 537 g/mol. The molecule has 1 aliphatic carbocycles. The Kier molecular flexibility index (Phi) is 8.32. The average molecular weight is 569 g/mol. The van der Waals surface area contributed by atoms with Gasteiger partial charge in [0.1, 0.15) is 5.60 Å². The number of aromatic nitrogens is 3. The summed E-state index contributed by atoms with van der Waals surface area (Å²) in [6, 6.07) is 9.71. The number of nitrogens with one attached hydrogen (secondary N) is 2. The molecule has 216 valence electrons. The fraction of sp³-hybridized carbons (Fsp3) is 0.414. The minimum atomic E-state index is -4.56. The van der Waals surface area contributed by atoms with Gasteiger partial charge in [-0.05, 0) is 68.5 Å². The highest BCUT2D eigenvalue weighted by atomic mass is 19.4. The minimum absolute atomic E-state index is 0.0943. The number of carbonyl (C=O) groups excluding carboxylic acids is 2. The monoisotopic (exact) mass is 568 g/mol. The third-order valence-electron chi connectivity index (χ3n) is 7.81. The molecule has 1 aliphatic heterocycles. The average Bonchev–Trinajstić information content (AvgIpc) is 3.44. The number of amides is 2. The van der Waals surface area contributed by atoms with Crippen molar-refractivity contribution in [3.63, 3.8) is 0 Å². The largest absolute Gasteiger partial charge is 0.416 e. The van der Waals surface area contributed by atoms with E-state index in [1.54, 1.807) is 24.7 Å². The highest BCUT2D eigenvalue weighted by molar-refractivity contribution is 5.96. The Hall–Kier alpha value is -3.90. The van der Waals surface area contributed by atoms with Crippen molar-refractivity contribution in [2.45, 2.75) is 56.0 Å². The van der Waals surface area contributed by atoms with Crippen molar-refractivity contribution in [2.24, 2.45) is 0 Å². The van der Waals surface area contributed by atoms with E-state index in [4.69, 9.17) is 0 Å². The van der Waals surface area contributed by atoms with Gasteiger partial charge in [-0.15, -0.1) is 0 Å². The van der Waals surface area contributed by atoms with Crippen molar-refractivity contribution in [3.05, 3.63) is 77.9 Å². The number of nitrogens with zero attached hydrogens (tertiary/aromatic N) is 4. The van der Waals surface area contributed by atoms with Gasteiger partial charge in [0.2, 0.25) is 5.91 Å². The highest BCUT2D eigenvalue weighted by Crippen LogP contribution is 2.39. The summed E-state index contributed by atoms with van der Waals surface area (Å²) in [6.45, 7) is 1.12. The predicted octanol–water partition coefficient (Wildman–Crippen LogP) is 3.31. The van der Waals surface area contributed by atoms with Crippen molar-refractivity contribution < 1.29 is 27.9 Å². The number of carbonyl (C=O) groups is 2. The molecule has 0 spiro atoms. The molecule has 3 aromatic rings. The van der Waals surface area contributed by atoms with Crippen LogP contribution in [0.1, 0.15) is 53.7 Å². The van der Waals surface area contributed by atoms with E-state index in [-0.39, 0.29) is 24.2 Å². The first-order valence-electron chi connectivity index (χ1n) is 13.6. The molecule has 1 unspecified atom stereocenters. The molecule has 3 N–H and O–H groups in total. The van der Waals surface area contributed by atoms with E-state index in [9.17, 15) is 27.9 Å². The van der Waals surface area contributed by atoms with Crippen LogP contribution in [-0.2, 0) is 16.6 Å². The van der Waals surface area contributed by atoms with Gasteiger partial charge < -0.3 is 15.7 Å². The Bertz CT molecular complexity index is 1360. The van der Waals surface area contributed by atoms with Crippen LogP contribution in [0.4, 0.5) is 13.2 Å². The number of hydrogen-bond acceptors (Lipinski definition) is 7. The SMILES string of the molecule is O=C(CNC(=O)c1cccc(C(F)(F)F)c1)NC1CCN(C2CCC(O)(c3ccc(-c4ncccn4)cn3)CC2)C1. The molecule has 0 radical (unpaired) electrons. The molecule has 2 amide bonds. The zero-order valence-corrected chi connectivity index (χ0v) is 22.3. The molecule has 2 fully saturated rings. The Morgan fingerprint density at radius 2 is 1.78 bits per heavy atom. The molecule has 2 aromatic heterocycles. The molecule has 12 heteroatoms. The van der Waals surface area contributed by atoms with Gasteiger partial charge >= 0.3 is 6.18 Å². The normalized spacial score (nSPS) is 23.2. The lowest BCUT2D eigenvalue weighted by Gasteiger charge is -2.39. The van der Waals surface area contributed by atoms with Crippen molar-refractivity contribution in [1.82, 2.24) is 30.5 Å². The molecule has 3 heterocycles. The number of halogens is 3. The van der Waals surface area contributed by atoms with Gasteiger partial charge in [-0.2, -0.15) is 13.2 Å². The number of benzene rings is 1. The van der Waals surface area contributed by atoms with Gasteiger partial charge in [0, 0.05) is 54.9 Å². The maximum Gasteiger partial charge on any atom is 0.416 e. The molecule has 5 rings (SSSR count). The van der Waals surface area contributed by atoms with Gasteiger partial charge in [-0.1, -0.05) is 6.07 Å². The highest BCUT2D eigenvalue weighted by Gasteiger charge is 2.39. The first kappa shape index (κ1) is 28.6. The van der Waals surface area contributed by atoms with E-state index < -0.39 is 29.2 Å². The third kappa shape index (κ3) is 6.88. The number of alkyl halides is 3. The summed E-state index contributed by atoms with van der Waals surface area (Å²) in [5.41, 5.74) is -0.665. The van der Waals surface area contributed by atoms with Crippen LogP contribution in [0, 0.1) is 0 Å². The molecule has 0 bridgehead atoms. The second-order valence-corrected chi connectivity index (χ2v) is 10.6. The topological polar surface area (TPSA) is 120 Å². The van der Waals surface area contributed by atoms with Gasteiger partial charge in [0.05, 0.1) is 17.8 Å². The zero-order valence-electron chi connectivity index (χ0n) is 22.3. The van der Waals surface area contributed by atoms with E-state index in [1.165, 1.54) is 6.07 Å². The minimum Gasteiger partial charge on any atom is -0.384 e. The van der Waals surface area contributed by atoms with Crippen LogP contribution in [0.5, 0.6) is 0 Å². The molecule has 9 nitrogen and oxygen atoms in total. The quantitative estimate of drug-likeness (QED) is 0.400. The van der Waals surface area contributed by atoms with E-state index in [1.807, 2.05) is 12.1 Å². The van der Waals surface area contributed by atoms with Crippen LogP contribution in [-0.4, -0.2) is 68.5 Å². The number of hydrogen-bond donors (Lipinski definition) is 3. The first-order valence-corrected chi connectivity index (χ1v) is 13.6. The molecule has 1 atom stereocenters. The molecule has 2 aliphatic rings. The van der Waals surface area contributed by atoms with Crippen LogP contribution >= 0.6 is 0 Å². The second-order valence-electron chi connectivity index (χ2n) is 10.6. The van der Waals surface area contributed by atoms with Gasteiger partial charge in [-0.25, -0.2) is 9.97 Å². The molecular formula is C29H31F3N6O3. The smallest absolute Gasteiger partial charge is 0.384 e. The molecule has 1 aromatic carbocycles. The molecule has 1 saturated heterocycles. The van der Waals surface area contributed by atoms with Crippen LogP contribution < -0.4 is 10.6 Å². The fourth-order valence-corrected chi connectivity index (χ4v) is 5.57. The lowest BCUT2D eigenvalue weighted by Crippen LogP contribution is -2.45. The first-order chi connectivity index (χ1) is 19.6. The van der Waals surface area contributed by atoms with E-state index >= 15 is 0 Å². The number of likely N-dealkylation sites (tertiary alicyclic amines) is 1. The number of rotatable bonds is 7. The van der Waals surface area contributed by atoms with Crippen molar-refractivity contribution in [1.29, 1.82) is 0 Å². The van der Waals surface area contributed by atoms with Gasteiger partial charge in [0.15, 0.2) is 5.82 Å². The Labute approximate surface area is 235 Å². The fourth-order valence-electron chi connectivity index (χ4n) is 5.57. The lowest BCUT2D eigenvalue weighted by atomic mass is 9.79. The van der Waals surface area contributed by atoms with E-state index in [0.717, 1.165) is 49.6 Å². The van der Waals surface area contributed by atoms with E-state index in [2.05, 4.69) is 30.5 Å². The molecule has 1 saturated carbocycles. The number of pyridine rings is 1. The third-order valence-corrected chi connectivity index (χ3v) is 7.81. The van der Waals surface area contributed by atoms with Crippen LogP contribution in [0.2, 0.25) is 0 Å². The Balaban J connectivity index is 1.07. The second kappa shape index (κ2) is 11.9. The van der Waals surface area contributed by atoms with E-state index in [0.29, 0.717) is 30.9 Å². The molecule has 41 heavy (non-hydrogen) atoms. The number of aliphatic hydroxyl groups is 1. The van der Waals surface area contributed by atoms with Gasteiger partial charge in [-0.3, -0.25) is 19.5 Å². The predicted molar refractivity (Wildman–Crippen MR) is 143 cm³/mol.